The van der Waals surface area contributed by atoms with E-state index >= 15 is 0 Å². The van der Waals surface area contributed by atoms with E-state index in [0.717, 1.165) is 50.8 Å². The van der Waals surface area contributed by atoms with Gasteiger partial charge >= 0.3 is 0 Å². The summed E-state index contributed by atoms with van der Waals surface area (Å²) >= 11 is 1.48. The SMILES string of the molecule is COc1ccc2[nH]c(=O)c3sccc3c2c1-c1ccc(CCN2CCCC2)cc1.Cl. The predicted octanol–water partition coefficient (Wildman–Crippen LogP) is 5.48. The molecule has 2 aromatic heterocycles. The van der Waals surface area contributed by atoms with Crippen LogP contribution >= 0.6 is 23.7 Å². The molecule has 0 saturated carbocycles. The van der Waals surface area contributed by atoms with Crippen molar-refractivity contribution < 1.29 is 4.74 Å². The minimum atomic E-state index is -0.0316. The van der Waals surface area contributed by atoms with Crippen molar-refractivity contribution in [1.29, 1.82) is 0 Å². The highest BCUT2D eigenvalue weighted by Crippen LogP contribution is 2.40. The van der Waals surface area contributed by atoms with Gasteiger partial charge in [-0.25, -0.2) is 0 Å². The van der Waals surface area contributed by atoms with Crippen LogP contribution in [0.5, 0.6) is 5.75 Å². The molecule has 2 aromatic carbocycles. The zero-order chi connectivity index (χ0) is 19.8. The molecule has 30 heavy (non-hydrogen) atoms. The Balaban J connectivity index is 0.00000218. The zero-order valence-corrected chi connectivity index (χ0v) is 18.6. The van der Waals surface area contributed by atoms with Gasteiger partial charge in [-0.2, -0.15) is 0 Å². The van der Waals surface area contributed by atoms with Crippen LogP contribution in [0.25, 0.3) is 32.1 Å². The van der Waals surface area contributed by atoms with Gasteiger partial charge in [0.15, 0.2) is 0 Å². The van der Waals surface area contributed by atoms with Crippen LogP contribution in [0.3, 0.4) is 0 Å². The zero-order valence-electron chi connectivity index (χ0n) is 16.9. The van der Waals surface area contributed by atoms with Gasteiger partial charge in [0, 0.05) is 28.4 Å². The fraction of sp³-hybridized carbons (Fsp3) is 0.292. The number of H-pyrrole nitrogens is 1. The van der Waals surface area contributed by atoms with Gasteiger partial charge in [0.2, 0.25) is 0 Å². The standard InChI is InChI=1S/C24H24N2O2S.ClH/c1-28-20-9-8-19-22(18-11-15-29-23(18)24(27)25-19)21(20)17-6-4-16(5-7-17)10-14-26-12-2-3-13-26;/h4-9,11,15H,2-3,10,12-14H2,1H3,(H,25,27);1H. The fourth-order valence-electron chi connectivity index (χ4n) is 4.42. The Labute approximate surface area is 185 Å². The molecule has 1 N–H and O–H groups in total. The number of nitrogens with zero attached hydrogens (tertiary/aromatic N) is 1. The van der Waals surface area contributed by atoms with Crippen LogP contribution in [0.2, 0.25) is 0 Å². The molecule has 0 amide bonds. The maximum Gasteiger partial charge on any atom is 0.266 e. The second-order valence-corrected chi connectivity index (χ2v) is 8.59. The Bertz CT molecular complexity index is 1220. The molecule has 0 unspecified atom stereocenters. The molecule has 4 nitrogen and oxygen atoms in total. The molecule has 5 rings (SSSR count). The number of methoxy groups -OCH3 is 1. The average Bonchev–Trinajstić information content (AvgIpc) is 3.44. The number of ether oxygens (including phenoxy) is 1. The normalized spacial score (nSPS) is 14.3. The van der Waals surface area contributed by atoms with Gasteiger partial charge in [-0.05, 0) is 67.1 Å². The highest BCUT2D eigenvalue weighted by atomic mass is 35.5. The fourth-order valence-corrected chi connectivity index (χ4v) is 5.21. The summed E-state index contributed by atoms with van der Waals surface area (Å²) in [7, 11) is 1.70. The van der Waals surface area contributed by atoms with E-state index < -0.39 is 0 Å². The van der Waals surface area contributed by atoms with E-state index in [9.17, 15) is 4.79 Å². The van der Waals surface area contributed by atoms with Crippen LogP contribution in [-0.2, 0) is 6.42 Å². The number of hydrogen-bond acceptors (Lipinski definition) is 4. The summed E-state index contributed by atoms with van der Waals surface area (Å²) < 4.78 is 6.47. The first-order chi connectivity index (χ1) is 14.2. The Morgan fingerprint density at radius 3 is 2.57 bits per heavy atom. The molecular formula is C24H25ClN2O2S. The molecular weight excluding hydrogens is 416 g/mol. The monoisotopic (exact) mass is 440 g/mol. The van der Waals surface area contributed by atoms with E-state index in [1.54, 1.807) is 7.11 Å². The molecule has 0 aliphatic carbocycles. The number of nitrogens with one attached hydrogen (secondary N) is 1. The number of likely N-dealkylation sites (tertiary alicyclic amines) is 1. The molecule has 0 atom stereocenters. The van der Waals surface area contributed by atoms with Crippen LogP contribution in [0.1, 0.15) is 18.4 Å². The van der Waals surface area contributed by atoms with Crippen LogP contribution in [0.15, 0.2) is 52.6 Å². The van der Waals surface area contributed by atoms with Crippen LogP contribution in [0, 0.1) is 0 Å². The molecule has 1 saturated heterocycles. The van der Waals surface area contributed by atoms with Crippen molar-refractivity contribution >= 4 is 44.7 Å². The van der Waals surface area contributed by atoms with Crippen molar-refractivity contribution in [2.24, 2.45) is 0 Å². The van der Waals surface area contributed by atoms with Gasteiger partial charge in [-0.1, -0.05) is 24.3 Å². The highest BCUT2D eigenvalue weighted by Gasteiger charge is 2.16. The minimum Gasteiger partial charge on any atom is -0.496 e. The van der Waals surface area contributed by atoms with E-state index in [1.807, 2.05) is 23.6 Å². The van der Waals surface area contributed by atoms with E-state index in [0.29, 0.717) is 0 Å². The number of fused-ring (bicyclic) bond motifs is 3. The summed E-state index contributed by atoms with van der Waals surface area (Å²) in [4.78, 5) is 18.0. The molecule has 0 spiro atoms. The Morgan fingerprint density at radius 1 is 1.07 bits per heavy atom. The maximum absolute atomic E-state index is 12.4. The lowest BCUT2D eigenvalue weighted by Crippen LogP contribution is -2.21. The molecule has 0 radical (unpaired) electrons. The number of thiophene rings is 1. The smallest absolute Gasteiger partial charge is 0.266 e. The number of rotatable bonds is 5. The van der Waals surface area contributed by atoms with E-state index in [4.69, 9.17) is 4.74 Å². The Morgan fingerprint density at radius 2 is 1.83 bits per heavy atom. The van der Waals surface area contributed by atoms with Crippen LogP contribution < -0.4 is 10.3 Å². The molecule has 1 fully saturated rings. The average molecular weight is 441 g/mol. The first kappa shape index (κ1) is 20.9. The number of pyridine rings is 1. The summed E-state index contributed by atoms with van der Waals surface area (Å²) in [6, 6.07) is 14.7. The third kappa shape index (κ3) is 3.73. The number of aromatic nitrogens is 1. The van der Waals surface area contributed by atoms with Gasteiger partial charge in [-0.3, -0.25) is 4.79 Å². The van der Waals surface area contributed by atoms with Gasteiger partial charge in [0.1, 0.15) is 10.4 Å². The Hall–Kier alpha value is -2.34. The van der Waals surface area contributed by atoms with Crippen molar-refractivity contribution in [1.82, 2.24) is 9.88 Å². The second-order valence-electron chi connectivity index (χ2n) is 7.68. The quantitative estimate of drug-likeness (QED) is 0.447. The predicted molar refractivity (Wildman–Crippen MR) is 129 cm³/mol. The third-order valence-electron chi connectivity index (χ3n) is 5.93. The third-order valence-corrected chi connectivity index (χ3v) is 6.85. The molecule has 3 heterocycles. The van der Waals surface area contributed by atoms with E-state index in [-0.39, 0.29) is 18.0 Å². The number of halogens is 1. The van der Waals surface area contributed by atoms with E-state index in [2.05, 4.69) is 34.1 Å². The van der Waals surface area contributed by atoms with Crippen molar-refractivity contribution in [3.05, 3.63) is 63.8 Å². The summed E-state index contributed by atoms with van der Waals surface area (Å²) in [6.45, 7) is 3.61. The molecule has 4 aromatic rings. The van der Waals surface area contributed by atoms with Gasteiger partial charge in [-0.15, -0.1) is 23.7 Å². The van der Waals surface area contributed by atoms with Crippen molar-refractivity contribution in [3.63, 3.8) is 0 Å². The molecule has 0 bridgehead atoms. The molecule has 6 heteroatoms. The second kappa shape index (κ2) is 8.80. The topological polar surface area (TPSA) is 45.3 Å². The lowest BCUT2D eigenvalue weighted by atomic mass is 9.96. The molecule has 1 aliphatic heterocycles. The molecule has 156 valence electrons. The lowest BCUT2D eigenvalue weighted by Gasteiger charge is -2.15. The maximum atomic E-state index is 12.4. The van der Waals surface area contributed by atoms with Gasteiger partial charge < -0.3 is 14.6 Å². The van der Waals surface area contributed by atoms with Gasteiger partial charge in [0.05, 0.1) is 7.11 Å². The number of aromatic amines is 1. The lowest BCUT2D eigenvalue weighted by molar-refractivity contribution is 0.343. The van der Waals surface area contributed by atoms with Crippen molar-refractivity contribution in [3.8, 4) is 16.9 Å². The summed E-state index contributed by atoms with van der Waals surface area (Å²) in [6.07, 6.45) is 3.74. The molecule has 1 aliphatic rings. The van der Waals surface area contributed by atoms with E-state index in [1.165, 1.54) is 42.8 Å². The van der Waals surface area contributed by atoms with Crippen LogP contribution in [0.4, 0.5) is 0 Å². The largest absolute Gasteiger partial charge is 0.496 e. The van der Waals surface area contributed by atoms with Crippen LogP contribution in [-0.4, -0.2) is 36.6 Å². The number of hydrogen-bond donors (Lipinski definition) is 1. The first-order valence-electron chi connectivity index (χ1n) is 10.2. The highest BCUT2D eigenvalue weighted by molar-refractivity contribution is 7.17. The summed E-state index contributed by atoms with van der Waals surface area (Å²) in [5.74, 6) is 0.821. The summed E-state index contributed by atoms with van der Waals surface area (Å²) in [5, 5.41) is 4.01. The summed E-state index contributed by atoms with van der Waals surface area (Å²) in [5.41, 5.74) is 4.31. The van der Waals surface area contributed by atoms with Crippen molar-refractivity contribution in [2.75, 3.05) is 26.7 Å². The minimum absolute atomic E-state index is 0. The number of benzene rings is 2. The Kier molecular flexibility index (Phi) is 6.14. The van der Waals surface area contributed by atoms with Crippen molar-refractivity contribution in [2.45, 2.75) is 19.3 Å². The first-order valence-corrected chi connectivity index (χ1v) is 11.0. The van der Waals surface area contributed by atoms with Gasteiger partial charge in [0.25, 0.3) is 5.56 Å².